The molecule has 19 heteroatoms. The minimum absolute atomic E-state index is 0.0159. The summed E-state index contributed by atoms with van der Waals surface area (Å²) in [5, 5.41) is 17.9. The summed E-state index contributed by atoms with van der Waals surface area (Å²) < 4.78 is 1.34. The second-order valence-corrected chi connectivity index (χ2v) is 16.4. The second kappa shape index (κ2) is 21.7. The molecule has 3 aromatic heterocycles. The Hall–Kier alpha value is -5.92. The fourth-order valence-electron chi connectivity index (χ4n) is 7.49. The number of rotatable bonds is 13. The molecule has 3 atom stereocenters. The van der Waals surface area contributed by atoms with Crippen LogP contribution in [0.2, 0.25) is 5.02 Å². The summed E-state index contributed by atoms with van der Waals surface area (Å²) in [5.74, 6) is -1.25. The van der Waals surface area contributed by atoms with E-state index in [0.29, 0.717) is 76.8 Å². The monoisotopic (exact) mass is 881 g/mol. The van der Waals surface area contributed by atoms with Gasteiger partial charge in [-0.3, -0.25) is 19.2 Å². The summed E-state index contributed by atoms with van der Waals surface area (Å²) in [7, 11) is 1.58. The number of pyridine rings is 2. The van der Waals surface area contributed by atoms with Gasteiger partial charge in [0.15, 0.2) is 0 Å². The summed E-state index contributed by atoms with van der Waals surface area (Å²) in [6, 6.07) is 15.4. The number of halogens is 1. The smallest absolute Gasteiger partial charge is 0.251 e. The van der Waals surface area contributed by atoms with Gasteiger partial charge in [0.1, 0.15) is 22.9 Å². The maximum absolute atomic E-state index is 14.8. The van der Waals surface area contributed by atoms with E-state index in [-0.39, 0.29) is 43.4 Å². The van der Waals surface area contributed by atoms with Gasteiger partial charge in [-0.1, -0.05) is 58.9 Å². The summed E-state index contributed by atoms with van der Waals surface area (Å²) >= 11 is 8.33. The minimum atomic E-state index is -1.02. The Labute approximate surface area is 368 Å². The van der Waals surface area contributed by atoms with Crippen molar-refractivity contribution in [3.63, 3.8) is 0 Å². The number of H-pyrrole nitrogens is 1. The van der Waals surface area contributed by atoms with Gasteiger partial charge in [0.25, 0.3) is 5.56 Å². The third-order valence-electron chi connectivity index (χ3n) is 10.8. The number of carbonyl (C=O) groups excluding carboxylic acids is 3. The molecular weight excluding hydrogens is 830 g/mol. The molecule has 0 spiro atoms. The number of aromatic nitrogens is 3. The molecule has 4 heterocycles. The zero-order chi connectivity index (χ0) is 44.2. The quantitative estimate of drug-likeness (QED) is 0.0277. The molecule has 1 aliphatic heterocycles. The van der Waals surface area contributed by atoms with Crippen molar-refractivity contribution in [1.82, 2.24) is 35.4 Å². The molecule has 0 saturated carbocycles. The van der Waals surface area contributed by atoms with Crippen LogP contribution in [-0.4, -0.2) is 81.3 Å². The van der Waals surface area contributed by atoms with Crippen molar-refractivity contribution in [3.8, 4) is 11.1 Å². The zero-order valence-corrected chi connectivity index (χ0v) is 36.0. The molecule has 62 heavy (non-hydrogen) atoms. The number of nitrogens with zero attached hydrogens (tertiary/aromatic N) is 5. The topological polar surface area (TPSA) is 268 Å². The molecule has 11 N–H and O–H groups in total. The highest BCUT2D eigenvalue weighted by molar-refractivity contribution is 7.99. The number of nitrogens with two attached hydrogens (primary N) is 3. The maximum Gasteiger partial charge on any atom is 0.251 e. The molecule has 0 unspecified atom stereocenters. The average Bonchev–Trinajstić information content (AvgIpc) is 3.68. The molecule has 6 rings (SSSR count). The van der Waals surface area contributed by atoms with Gasteiger partial charge in [0.05, 0.1) is 17.6 Å². The van der Waals surface area contributed by atoms with Crippen LogP contribution in [-0.2, 0) is 40.4 Å². The van der Waals surface area contributed by atoms with E-state index in [4.69, 9.17) is 39.3 Å². The number of aromatic amines is 1. The lowest BCUT2D eigenvalue weighted by Crippen LogP contribution is -2.57. The molecule has 3 amide bonds. The molecule has 17 nitrogen and oxygen atoms in total. The first-order valence-corrected chi connectivity index (χ1v) is 21.6. The van der Waals surface area contributed by atoms with Crippen LogP contribution in [0, 0.1) is 5.53 Å². The number of hydrogen-bond acceptors (Lipinski definition) is 11. The Kier molecular flexibility index (Phi) is 16.0. The second-order valence-electron chi connectivity index (χ2n) is 15.0. The Morgan fingerprint density at radius 3 is 2.53 bits per heavy atom. The van der Waals surface area contributed by atoms with Crippen molar-refractivity contribution in [3.05, 3.63) is 111 Å². The maximum atomic E-state index is 14.8. The van der Waals surface area contributed by atoms with Gasteiger partial charge in [-0.05, 0) is 97.3 Å². The number of amides is 3. The van der Waals surface area contributed by atoms with E-state index in [1.807, 2.05) is 36.5 Å². The molecule has 0 saturated heterocycles. The molecule has 5 aromatic rings. The molecule has 326 valence electrons. The van der Waals surface area contributed by atoms with E-state index in [1.165, 1.54) is 27.3 Å². The number of hydrogen-bond donors (Lipinski definition) is 8. The van der Waals surface area contributed by atoms with E-state index in [9.17, 15) is 19.2 Å². The number of para-hydroxylation sites is 1. The van der Waals surface area contributed by atoms with Crippen LogP contribution in [0.15, 0.2) is 104 Å². The van der Waals surface area contributed by atoms with Gasteiger partial charge in [-0.25, -0.2) is 4.98 Å². The standard InChI is InChI=1S/C43H52ClN13O4S/c1-56-36(20-28-23-50-33-10-3-2-9-30(28)33)41(60)52-24-31-29(26-15-19-57(38(58)21-26)25-37(47)54-55-48)13-14-32(44)39(31)62-42-27(8-7-18-49-42)22-51-34(12-6-17-46)40(59)53-35(43(56)61)11-4-5-16-45/h2-3,7-10,13-15,18-19,21,23,34-36,50-51H,4-6,11-12,16-17,20,22,24-25,45-46H2,1H3,(H,52,60)(H,53,59)(H3,47,48,54)/t34-,35-,36-/m0/s1. The lowest BCUT2D eigenvalue weighted by atomic mass is 9.99. The Balaban J connectivity index is 1.48. The van der Waals surface area contributed by atoms with E-state index in [0.717, 1.165) is 22.0 Å². The first-order chi connectivity index (χ1) is 30.0. The molecule has 2 aromatic carbocycles. The third kappa shape index (κ3) is 11.1. The van der Waals surface area contributed by atoms with Crippen LogP contribution in [0.3, 0.4) is 0 Å². The highest BCUT2D eigenvalue weighted by atomic mass is 35.5. The number of amidine groups is 1. The fraction of sp³-hybridized carbons (Fsp3) is 0.349. The van der Waals surface area contributed by atoms with Crippen LogP contribution >= 0.6 is 23.4 Å². The van der Waals surface area contributed by atoms with Gasteiger partial charge in [0, 0.05) is 67.0 Å². The van der Waals surface area contributed by atoms with Crippen molar-refractivity contribution in [2.75, 3.05) is 20.1 Å². The number of fused-ring (bicyclic) bond motifs is 3. The van der Waals surface area contributed by atoms with Gasteiger partial charge in [0.2, 0.25) is 17.7 Å². The largest absolute Gasteiger partial charge is 0.384 e. The first kappa shape index (κ1) is 45.6. The summed E-state index contributed by atoms with van der Waals surface area (Å²) in [6.07, 6.45) is 7.71. The molecule has 1 aliphatic rings. The number of nitrogens with one attached hydrogen (secondary N) is 5. The predicted octanol–water partition coefficient (Wildman–Crippen LogP) is 4.01. The number of likely N-dealkylation sites (N-methyl/N-ethyl adjacent to an activating group) is 1. The van der Waals surface area contributed by atoms with Crippen molar-refractivity contribution >= 4 is 57.8 Å². The van der Waals surface area contributed by atoms with Crippen LogP contribution in [0.1, 0.15) is 48.8 Å². The highest BCUT2D eigenvalue weighted by Crippen LogP contribution is 2.41. The lowest BCUT2D eigenvalue weighted by Gasteiger charge is -2.32. The van der Waals surface area contributed by atoms with Gasteiger partial charge in [-0.2, -0.15) is 5.53 Å². The summed E-state index contributed by atoms with van der Waals surface area (Å²) in [5.41, 5.74) is 28.4. The predicted molar refractivity (Wildman–Crippen MR) is 240 cm³/mol. The summed E-state index contributed by atoms with van der Waals surface area (Å²) in [6.45, 7) is 0.910. The Bertz CT molecular complexity index is 2490. The normalized spacial score (nSPS) is 18.1. The van der Waals surface area contributed by atoms with E-state index < -0.39 is 29.9 Å². The van der Waals surface area contributed by atoms with Crippen molar-refractivity contribution < 1.29 is 14.4 Å². The Morgan fingerprint density at radius 2 is 1.76 bits per heavy atom. The van der Waals surface area contributed by atoms with E-state index in [1.54, 1.807) is 43.7 Å². The van der Waals surface area contributed by atoms with E-state index in [2.05, 4.69) is 31.3 Å². The van der Waals surface area contributed by atoms with Crippen molar-refractivity contribution in [2.24, 2.45) is 27.5 Å². The van der Waals surface area contributed by atoms with Crippen molar-refractivity contribution in [1.29, 1.82) is 5.53 Å². The molecule has 0 radical (unpaired) electrons. The SMILES string of the molecule is CN1C(=O)[C@H](CCCCN)NC(=O)[C@H](CCCN)NCc2cccnc2Sc2c(Cl)ccc(-c3ccn(C/C(N)=N/N=N)c(=O)c3)c2CNC(=O)[C@@H]1Cc1c[nH]c2ccccc12. The van der Waals surface area contributed by atoms with Crippen molar-refractivity contribution in [2.45, 2.75) is 86.2 Å². The molecule has 0 bridgehead atoms. The molecule has 0 aliphatic carbocycles. The van der Waals surface area contributed by atoms with E-state index >= 15 is 0 Å². The van der Waals surface area contributed by atoms with Crippen LogP contribution in [0.4, 0.5) is 0 Å². The van der Waals surface area contributed by atoms with Crippen LogP contribution < -0.4 is 38.7 Å². The zero-order valence-electron chi connectivity index (χ0n) is 34.4. The fourth-order valence-corrected chi connectivity index (χ4v) is 8.83. The van der Waals surface area contributed by atoms with Crippen LogP contribution in [0.5, 0.6) is 0 Å². The number of unbranched alkanes of at least 4 members (excludes halogenated alkanes) is 1. The van der Waals surface area contributed by atoms with Gasteiger partial charge in [-0.15, -0.1) is 5.10 Å². The molecular formula is C43H52ClN13O4S. The third-order valence-corrected chi connectivity index (χ3v) is 12.5. The number of benzene rings is 2. The highest BCUT2D eigenvalue weighted by Gasteiger charge is 2.34. The molecule has 0 fully saturated rings. The lowest BCUT2D eigenvalue weighted by molar-refractivity contribution is -0.142. The van der Waals surface area contributed by atoms with Crippen LogP contribution in [0.25, 0.3) is 22.0 Å². The Morgan fingerprint density at radius 1 is 0.968 bits per heavy atom. The minimum Gasteiger partial charge on any atom is -0.384 e. The summed E-state index contributed by atoms with van der Waals surface area (Å²) in [4.78, 5) is 67.0. The van der Waals surface area contributed by atoms with Gasteiger partial charge < -0.3 is 47.6 Å². The first-order valence-electron chi connectivity index (χ1n) is 20.4. The average molecular weight is 882 g/mol. The number of carbonyl (C=O) groups is 3. The van der Waals surface area contributed by atoms with Gasteiger partial charge >= 0.3 is 0 Å².